The van der Waals surface area contributed by atoms with Crippen LogP contribution in [0, 0.1) is 5.82 Å². The van der Waals surface area contributed by atoms with Crippen molar-refractivity contribution in [1.29, 1.82) is 0 Å². The van der Waals surface area contributed by atoms with E-state index in [2.05, 4.69) is 4.98 Å². The average molecular weight is 257 g/mol. The lowest BCUT2D eigenvalue weighted by molar-refractivity contribution is 0.387. The summed E-state index contributed by atoms with van der Waals surface area (Å²) < 4.78 is 20.4. The maximum atomic E-state index is 13.6. The molecule has 0 aliphatic rings. The molecule has 0 aliphatic heterocycles. The van der Waals surface area contributed by atoms with Crippen LogP contribution < -0.4 is 10.5 Å². The Balaban J connectivity index is 2.33. The van der Waals surface area contributed by atoms with Gasteiger partial charge in [0.05, 0.1) is 18.1 Å². The van der Waals surface area contributed by atoms with Gasteiger partial charge in [-0.05, 0) is 12.1 Å². The van der Waals surface area contributed by atoms with Crippen molar-refractivity contribution in [1.82, 2.24) is 9.55 Å². The van der Waals surface area contributed by atoms with Gasteiger partial charge < -0.3 is 10.5 Å². The van der Waals surface area contributed by atoms with E-state index in [4.69, 9.17) is 10.5 Å². The molecular weight excluding hydrogens is 245 g/mol. The summed E-state index contributed by atoms with van der Waals surface area (Å²) in [6.07, 6.45) is 0. The number of rotatable bonds is 2. The van der Waals surface area contributed by atoms with Crippen LogP contribution in [0.4, 0.5) is 10.3 Å². The average Bonchev–Trinajstić information content (AvgIpc) is 2.73. The molecule has 0 radical (unpaired) electrons. The summed E-state index contributed by atoms with van der Waals surface area (Å²) in [6.45, 7) is 0. The number of benzene rings is 2. The molecule has 19 heavy (non-hydrogen) atoms. The van der Waals surface area contributed by atoms with Gasteiger partial charge in [-0.15, -0.1) is 0 Å². The zero-order chi connectivity index (χ0) is 13.4. The number of ether oxygens (including phenoxy) is 1. The van der Waals surface area contributed by atoms with Gasteiger partial charge in [-0.25, -0.2) is 9.37 Å². The normalized spacial score (nSPS) is 10.8. The predicted octanol–water partition coefficient (Wildman–Crippen LogP) is 2.76. The Bertz CT molecular complexity index is 737. The van der Waals surface area contributed by atoms with Gasteiger partial charge in [0.1, 0.15) is 0 Å². The van der Waals surface area contributed by atoms with Crippen molar-refractivity contribution in [3.63, 3.8) is 0 Å². The highest BCUT2D eigenvalue weighted by Gasteiger charge is 2.13. The zero-order valence-corrected chi connectivity index (χ0v) is 10.3. The Morgan fingerprint density at radius 1 is 1.21 bits per heavy atom. The first-order chi connectivity index (χ1) is 9.20. The van der Waals surface area contributed by atoms with Crippen molar-refractivity contribution in [2.75, 3.05) is 12.8 Å². The number of para-hydroxylation sites is 1. The van der Waals surface area contributed by atoms with E-state index in [0.29, 0.717) is 17.0 Å². The lowest BCUT2D eigenvalue weighted by atomic mass is 10.2. The number of methoxy groups -OCH3 is 1. The molecule has 4 nitrogen and oxygen atoms in total. The van der Waals surface area contributed by atoms with Gasteiger partial charge in [0.25, 0.3) is 0 Å². The first-order valence-electron chi connectivity index (χ1n) is 5.77. The largest absolute Gasteiger partial charge is 0.494 e. The Morgan fingerprint density at radius 2 is 1.95 bits per heavy atom. The minimum atomic E-state index is -0.451. The van der Waals surface area contributed by atoms with Crippen LogP contribution in [0.2, 0.25) is 0 Å². The van der Waals surface area contributed by atoms with Gasteiger partial charge in [-0.2, -0.15) is 0 Å². The molecule has 3 aromatic rings. The highest BCUT2D eigenvalue weighted by molar-refractivity contribution is 5.82. The van der Waals surface area contributed by atoms with Crippen LogP contribution in [0.5, 0.6) is 5.75 Å². The van der Waals surface area contributed by atoms with Crippen molar-refractivity contribution >= 4 is 17.0 Å². The number of aromatic nitrogens is 2. The number of fused-ring (bicyclic) bond motifs is 1. The molecule has 2 aromatic carbocycles. The summed E-state index contributed by atoms with van der Waals surface area (Å²) in [4.78, 5) is 4.17. The third-order valence-corrected chi connectivity index (χ3v) is 2.97. The maximum absolute atomic E-state index is 13.6. The predicted molar refractivity (Wildman–Crippen MR) is 72.0 cm³/mol. The number of nitrogens with two attached hydrogens (primary N) is 1. The van der Waals surface area contributed by atoms with E-state index in [0.717, 1.165) is 5.69 Å². The topological polar surface area (TPSA) is 53.1 Å². The second-order valence-corrected chi connectivity index (χ2v) is 4.12. The highest BCUT2D eigenvalue weighted by atomic mass is 19.1. The molecule has 0 amide bonds. The molecule has 0 unspecified atom stereocenters. The number of halogens is 1. The summed E-state index contributed by atoms with van der Waals surface area (Å²) in [7, 11) is 1.43. The Morgan fingerprint density at radius 3 is 2.63 bits per heavy atom. The zero-order valence-electron chi connectivity index (χ0n) is 10.3. The molecule has 1 heterocycles. The van der Waals surface area contributed by atoms with E-state index in [1.165, 1.54) is 13.2 Å². The van der Waals surface area contributed by atoms with Gasteiger partial charge in [0, 0.05) is 17.8 Å². The molecule has 1 aromatic heterocycles. The Hall–Kier alpha value is -2.56. The fourth-order valence-electron chi connectivity index (χ4n) is 2.10. The standard InChI is InChI=1S/C14H12FN3O/c1-19-13-8-12-11(7-10(13)15)17-14(16)18(12)9-5-3-2-4-6-9/h2-8H,1H3,(H2,16,17). The lowest BCUT2D eigenvalue weighted by Gasteiger charge is -2.07. The summed E-state index contributed by atoms with van der Waals surface area (Å²) in [5.41, 5.74) is 8.00. The quantitative estimate of drug-likeness (QED) is 0.768. The van der Waals surface area contributed by atoms with Crippen molar-refractivity contribution in [2.45, 2.75) is 0 Å². The van der Waals surface area contributed by atoms with Crippen molar-refractivity contribution in [3.05, 3.63) is 48.3 Å². The van der Waals surface area contributed by atoms with E-state index in [-0.39, 0.29) is 5.75 Å². The number of imidazole rings is 1. The van der Waals surface area contributed by atoms with Gasteiger partial charge in [0.2, 0.25) is 5.95 Å². The van der Waals surface area contributed by atoms with Crippen LogP contribution in [0.25, 0.3) is 16.7 Å². The third kappa shape index (κ3) is 1.79. The second kappa shape index (κ2) is 4.28. The SMILES string of the molecule is COc1cc2c(cc1F)nc(N)n2-c1ccccc1. The molecule has 3 rings (SSSR count). The molecule has 0 saturated carbocycles. The fraction of sp³-hybridized carbons (Fsp3) is 0.0714. The Kier molecular flexibility index (Phi) is 2.59. The van der Waals surface area contributed by atoms with Gasteiger partial charge in [-0.3, -0.25) is 4.57 Å². The van der Waals surface area contributed by atoms with Crippen LogP contribution in [0.15, 0.2) is 42.5 Å². The number of nitrogen functional groups attached to an aromatic ring is 1. The number of hydrogen-bond donors (Lipinski definition) is 1. The van der Waals surface area contributed by atoms with Crippen LogP contribution in [-0.2, 0) is 0 Å². The lowest BCUT2D eigenvalue weighted by Crippen LogP contribution is -2.00. The van der Waals surface area contributed by atoms with Crippen LogP contribution >= 0.6 is 0 Å². The van der Waals surface area contributed by atoms with E-state index in [1.54, 1.807) is 10.6 Å². The van der Waals surface area contributed by atoms with E-state index >= 15 is 0 Å². The maximum Gasteiger partial charge on any atom is 0.205 e. The molecule has 96 valence electrons. The third-order valence-electron chi connectivity index (χ3n) is 2.97. The van der Waals surface area contributed by atoms with Gasteiger partial charge in [-0.1, -0.05) is 18.2 Å². The van der Waals surface area contributed by atoms with Crippen LogP contribution in [0.3, 0.4) is 0 Å². The smallest absolute Gasteiger partial charge is 0.205 e. The van der Waals surface area contributed by atoms with Gasteiger partial charge >= 0.3 is 0 Å². The van der Waals surface area contributed by atoms with Crippen LogP contribution in [-0.4, -0.2) is 16.7 Å². The van der Waals surface area contributed by atoms with Crippen molar-refractivity contribution < 1.29 is 9.13 Å². The Labute approximate surface area is 109 Å². The van der Waals surface area contributed by atoms with E-state index < -0.39 is 5.82 Å². The molecule has 2 N–H and O–H groups in total. The highest BCUT2D eigenvalue weighted by Crippen LogP contribution is 2.28. The summed E-state index contributed by atoms with van der Waals surface area (Å²) in [5, 5.41) is 0. The van der Waals surface area contributed by atoms with Crippen molar-refractivity contribution in [3.8, 4) is 11.4 Å². The molecule has 0 spiro atoms. The van der Waals surface area contributed by atoms with Gasteiger partial charge in [0.15, 0.2) is 11.6 Å². The van der Waals surface area contributed by atoms with Crippen molar-refractivity contribution in [2.24, 2.45) is 0 Å². The van der Waals surface area contributed by atoms with E-state index in [1.807, 2.05) is 30.3 Å². The first-order valence-corrected chi connectivity index (χ1v) is 5.77. The molecule has 0 aliphatic carbocycles. The summed E-state index contributed by atoms with van der Waals surface area (Å²) in [5.74, 6) is 0.0335. The molecule has 0 bridgehead atoms. The molecule has 0 fully saturated rings. The van der Waals surface area contributed by atoms with E-state index in [9.17, 15) is 4.39 Å². The second-order valence-electron chi connectivity index (χ2n) is 4.12. The molecule has 5 heteroatoms. The monoisotopic (exact) mass is 257 g/mol. The molecule has 0 atom stereocenters. The number of anilines is 1. The number of hydrogen-bond acceptors (Lipinski definition) is 3. The summed E-state index contributed by atoms with van der Waals surface area (Å²) >= 11 is 0. The minimum absolute atomic E-state index is 0.171. The minimum Gasteiger partial charge on any atom is -0.494 e. The molecule has 0 saturated heterocycles. The number of nitrogens with zero attached hydrogens (tertiary/aromatic N) is 2. The molecular formula is C14H12FN3O. The first kappa shape index (κ1) is 11.5. The summed E-state index contributed by atoms with van der Waals surface area (Å²) in [6, 6.07) is 12.5. The van der Waals surface area contributed by atoms with Crippen LogP contribution in [0.1, 0.15) is 0 Å². The fourth-order valence-corrected chi connectivity index (χ4v) is 2.10.